The first kappa shape index (κ1) is 10.4. The van der Waals surface area contributed by atoms with E-state index in [9.17, 15) is 0 Å². The lowest BCUT2D eigenvalue weighted by Gasteiger charge is -2.19. The lowest BCUT2D eigenvalue weighted by atomic mass is 10.2. The zero-order valence-electron chi connectivity index (χ0n) is 9.17. The van der Waals surface area contributed by atoms with Gasteiger partial charge in [0.25, 0.3) is 0 Å². The van der Waals surface area contributed by atoms with Gasteiger partial charge in [0.15, 0.2) is 5.82 Å². The van der Waals surface area contributed by atoms with Gasteiger partial charge in [-0.2, -0.15) is 0 Å². The molecule has 16 heavy (non-hydrogen) atoms. The molecule has 2 heterocycles. The van der Waals surface area contributed by atoms with Crippen molar-refractivity contribution in [3.05, 3.63) is 48.4 Å². The van der Waals surface area contributed by atoms with Crippen LogP contribution in [-0.2, 0) is 6.54 Å². The number of hydrogen-bond acceptors (Lipinski definition) is 4. The fourth-order valence-electron chi connectivity index (χ4n) is 1.57. The molecule has 0 amide bonds. The second-order valence-electron chi connectivity index (χ2n) is 3.63. The van der Waals surface area contributed by atoms with Crippen molar-refractivity contribution < 1.29 is 0 Å². The number of anilines is 2. The maximum Gasteiger partial charge on any atom is 0.151 e. The Morgan fingerprint density at radius 3 is 2.75 bits per heavy atom. The molecular formula is C12H14N4. The minimum absolute atomic E-state index is 0.689. The second kappa shape index (κ2) is 4.61. The average Bonchev–Trinajstić information content (AvgIpc) is 2.31. The molecule has 0 fully saturated rings. The van der Waals surface area contributed by atoms with Crippen LogP contribution < -0.4 is 10.6 Å². The smallest absolute Gasteiger partial charge is 0.151 e. The highest BCUT2D eigenvalue weighted by Gasteiger charge is 2.06. The molecule has 2 aromatic rings. The quantitative estimate of drug-likeness (QED) is 0.844. The predicted octanol–water partition coefficient (Wildman–Crippen LogP) is 1.70. The van der Waals surface area contributed by atoms with Crippen LogP contribution in [0.5, 0.6) is 0 Å². The van der Waals surface area contributed by atoms with E-state index in [1.165, 1.54) is 0 Å². The van der Waals surface area contributed by atoms with Gasteiger partial charge >= 0.3 is 0 Å². The van der Waals surface area contributed by atoms with E-state index >= 15 is 0 Å². The lowest BCUT2D eigenvalue weighted by molar-refractivity contribution is 0.894. The molecule has 0 saturated carbocycles. The molecule has 4 heteroatoms. The SMILES string of the molecule is CN(Cc1cccnc1)c1ncccc1N. The van der Waals surface area contributed by atoms with Crippen LogP contribution in [0, 0.1) is 0 Å². The summed E-state index contributed by atoms with van der Waals surface area (Å²) in [5.74, 6) is 0.798. The molecule has 0 spiro atoms. The van der Waals surface area contributed by atoms with Crippen molar-refractivity contribution in [2.75, 3.05) is 17.7 Å². The third kappa shape index (κ3) is 2.28. The summed E-state index contributed by atoms with van der Waals surface area (Å²) >= 11 is 0. The topological polar surface area (TPSA) is 55.0 Å². The van der Waals surface area contributed by atoms with Gasteiger partial charge in [0.2, 0.25) is 0 Å². The van der Waals surface area contributed by atoms with Crippen molar-refractivity contribution in [2.45, 2.75) is 6.54 Å². The second-order valence-corrected chi connectivity index (χ2v) is 3.63. The Labute approximate surface area is 94.8 Å². The van der Waals surface area contributed by atoms with Crippen LogP contribution in [0.15, 0.2) is 42.9 Å². The van der Waals surface area contributed by atoms with Gasteiger partial charge in [-0.15, -0.1) is 0 Å². The molecule has 0 aliphatic rings. The number of nitrogens with two attached hydrogens (primary N) is 1. The summed E-state index contributed by atoms with van der Waals surface area (Å²) in [6.07, 6.45) is 5.35. The normalized spacial score (nSPS) is 10.1. The predicted molar refractivity (Wildman–Crippen MR) is 65.0 cm³/mol. The van der Waals surface area contributed by atoms with E-state index in [0.717, 1.165) is 17.9 Å². The summed E-state index contributed by atoms with van der Waals surface area (Å²) in [6.45, 7) is 0.745. The standard InChI is InChI=1S/C12H14N4/c1-16(9-10-4-2-6-14-8-10)12-11(13)5-3-7-15-12/h2-8H,9,13H2,1H3. The maximum atomic E-state index is 5.86. The van der Waals surface area contributed by atoms with Crippen LogP contribution in [0.3, 0.4) is 0 Å². The molecule has 0 aliphatic carbocycles. The molecule has 0 saturated heterocycles. The van der Waals surface area contributed by atoms with Crippen molar-refractivity contribution in [1.29, 1.82) is 0 Å². The van der Waals surface area contributed by atoms with Gasteiger partial charge in [0, 0.05) is 32.2 Å². The summed E-state index contributed by atoms with van der Waals surface area (Å²) in [5.41, 5.74) is 7.68. The summed E-state index contributed by atoms with van der Waals surface area (Å²) in [5, 5.41) is 0. The van der Waals surface area contributed by atoms with Crippen LogP contribution in [0.4, 0.5) is 11.5 Å². The first-order chi connectivity index (χ1) is 7.77. The Bertz CT molecular complexity index is 456. The van der Waals surface area contributed by atoms with Crippen LogP contribution in [-0.4, -0.2) is 17.0 Å². The average molecular weight is 214 g/mol. The van der Waals surface area contributed by atoms with Crippen molar-refractivity contribution in [1.82, 2.24) is 9.97 Å². The molecule has 0 unspecified atom stereocenters. The van der Waals surface area contributed by atoms with Crippen molar-refractivity contribution >= 4 is 11.5 Å². The van der Waals surface area contributed by atoms with Crippen molar-refractivity contribution in [3.63, 3.8) is 0 Å². The van der Waals surface area contributed by atoms with E-state index < -0.39 is 0 Å². The highest BCUT2D eigenvalue weighted by atomic mass is 15.2. The fraction of sp³-hybridized carbons (Fsp3) is 0.167. The number of hydrogen-bond donors (Lipinski definition) is 1. The Morgan fingerprint density at radius 1 is 1.25 bits per heavy atom. The third-order valence-corrected chi connectivity index (χ3v) is 2.32. The molecule has 2 rings (SSSR count). The zero-order chi connectivity index (χ0) is 11.4. The van der Waals surface area contributed by atoms with E-state index in [2.05, 4.69) is 9.97 Å². The van der Waals surface area contributed by atoms with Gasteiger partial charge in [0.1, 0.15) is 0 Å². The summed E-state index contributed by atoms with van der Waals surface area (Å²) in [7, 11) is 1.96. The summed E-state index contributed by atoms with van der Waals surface area (Å²) in [4.78, 5) is 10.3. The van der Waals surface area contributed by atoms with Gasteiger partial charge in [-0.1, -0.05) is 6.07 Å². The number of rotatable bonds is 3. The molecule has 0 aromatic carbocycles. The Hall–Kier alpha value is -2.10. The van der Waals surface area contributed by atoms with Crippen molar-refractivity contribution in [3.8, 4) is 0 Å². The molecule has 2 N–H and O–H groups in total. The minimum Gasteiger partial charge on any atom is -0.396 e. The molecule has 0 radical (unpaired) electrons. The van der Waals surface area contributed by atoms with Gasteiger partial charge in [0.05, 0.1) is 5.69 Å². The highest BCUT2D eigenvalue weighted by molar-refractivity contribution is 5.61. The van der Waals surface area contributed by atoms with Crippen molar-refractivity contribution in [2.24, 2.45) is 0 Å². The number of pyridine rings is 2. The van der Waals surface area contributed by atoms with Gasteiger partial charge < -0.3 is 10.6 Å². The van der Waals surface area contributed by atoms with Gasteiger partial charge in [-0.05, 0) is 23.8 Å². The van der Waals surface area contributed by atoms with E-state index in [0.29, 0.717) is 5.69 Å². The molecule has 82 valence electrons. The van der Waals surface area contributed by atoms with Crippen LogP contribution in [0.2, 0.25) is 0 Å². The molecule has 0 aliphatic heterocycles. The summed E-state index contributed by atoms with van der Waals surface area (Å²) in [6, 6.07) is 7.63. The number of nitrogens with zero attached hydrogens (tertiary/aromatic N) is 3. The van der Waals surface area contributed by atoms with Gasteiger partial charge in [-0.3, -0.25) is 4.98 Å². The first-order valence-corrected chi connectivity index (χ1v) is 5.08. The van der Waals surface area contributed by atoms with E-state index in [-0.39, 0.29) is 0 Å². The Kier molecular flexibility index (Phi) is 3.00. The molecule has 0 bridgehead atoms. The largest absolute Gasteiger partial charge is 0.396 e. The molecule has 4 nitrogen and oxygen atoms in total. The van der Waals surface area contributed by atoms with E-state index in [1.807, 2.05) is 42.4 Å². The lowest BCUT2D eigenvalue weighted by Crippen LogP contribution is -2.19. The first-order valence-electron chi connectivity index (χ1n) is 5.08. The summed E-state index contributed by atoms with van der Waals surface area (Å²) < 4.78 is 0. The number of aromatic nitrogens is 2. The van der Waals surface area contributed by atoms with Crippen LogP contribution in [0.1, 0.15) is 5.56 Å². The van der Waals surface area contributed by atoms with Gasteiger partial charge in [-0.25, -0.2) is 4.98 Å². The Morgan fingerprint density at radius 2 is 2.06 bits per heavy atom. The van der Waals surface area contributed by atoms with Crippen LogP contribution >= 0.6 is 0 Å². The third-order valence-electron chi connectivity index (χ3n) is 2.32. The molecule has 0 atom stereocenters. The minimum atomic E-state index is 0.689. The maximum absolute atomic E-state index is 5.86. The zero-order valence-corrected chi connectivity index (χ0v) is 9.17. The van der Waals surface area contributed by atoms with E-state index in [4.69, 9.17) is 5.73 Å². The molecular weight excluding hydrogens is 200 g/mol. The number of nitrogen functional groups attached to an aromatic ring is 1. The Balaban J connectivity index is 2.15. The fourth-order valence-corrected chi connectivity index (χ4v) is 1.57. The van der Waals surface area contributed by atoms with Crippen LogP contribution in [0.25, 0.3) is 0 Å². The molecule has 2 aromatic heterocycles. The monoisotopic (exact) mass is 214 g/mol. The van der Waals surface area contributed by atoms with E-state index in [1.54, 1.807) is 12.4 Å². The highest BCUT2D eigenvalue weighted by Crippen LogP contribution is 2.19.